The monoisotopic (exact) mass is 280 g/mol. The summed E-state index contributed by atoms with van der Waals surface area (Å²) < 4.78 is 1.94. The van der Waals surface area contributed by atoms with Crippen LogP contribution in [0.3, 0.4) is 0 Å². The second kappa shape index (κ2) is 6.48. The van der Waals surface area contributed by atoms with Crippen LogP contribution in [-0.4, -0.2) is 19.7 Å². The number of aryl methyl sites for hydroxylation is 1. The molecule has 4 heteroatoms. The largest absolute Gasteiger partial charge is 0.265 e. The highest BCUT2D eigenvalue weighted by molar-refractivity contribution is 5.72. The third-order valence-corrected chi connectivity index (χ3v) is 3.55. The minimum Gasteiger partial charge on any atom is -0.265 e. The predicted octanol–water partition coefficient (Wildman–Crippen LogP) is 3.61. The Kier molecular flexibility index (Phi) is 4.24. The zero-order valence-corrected chi connectivity index (χ0v) is 12.4. The van der Waals surface area contributed by atoms with E-state index in [2.05, 4.69) is 34.1 Å². The SMILES string of the molecule is CCCCCc1ncc2cn(Cc3ccccc3)nc2n1. The lowest BCUT2D eigenvalue weighted by atomic mass is 10.2. The van der Waals surface area contributed by atoms with Crippen molar-refractivity contribution < 1.29 is 0 Å². The smallest absolute Gasteiger partial charge is 0.184 e. The first-order chi connectivity index (χ1) is 10.3. The van der Waals surface area contributed by atoms with Gasteiger partial charge in [0.05, 0.1) is 11.9 Å². The minimum absolute atomic E-state index is 0.766. The summed E-state index contributed by atoms with van der Waals surface area (Å²) in [6.07, 6.45) is 8.43. The molecule has 0 amide bonds. The lowest BCUT2D eigenvalue weighted by Crippen LogP contribution is -2.00. The summed E-state index contributed by atoms with van der Waals surface area (Å²) in [7, 11) is 0. The summed E-state index contributed by atoms with van der Waals surface area (Å²) in [6, 6.07) is 10.3. The average molecular weight is 280 g/mol. The maximum atomic E-state index is 4.57. The Morgan fingerprint density at radius 2 is 1.95 bits per heavy atom. The van der Waals surface area contributed by atoms with Gasteiger partial charge in [0.2, 0.25) is 0 Å². The summed E-state index contributed by atoms with van der Waals surface area (Å²) in [5.74, 6) is 0.904. The number of rotatable bonds is 6. The number of hydrogen-bond acceptors (Lipinski definition) is 3. The van der Waals surface area contributed by atoms with Crippen LogP contribution < -0.4 is 0 Å². The maximum Gasteiger partial charge on any atom is 0.184 e. The van der Waals surface area contributed by atoms with Crippen molar-refractivity contribution in [1.29, 1.82) is 0 Å². The van der Waals surface area contributed by atoms with Gasteiger partial charge in [0.15, 0.2) is 5.65 Å². The molecule has 21 heavy (non-hydrogen) atoms. The molecule has 3 aromatic rings. The van der Waals surface area contributed by atoms with E-state index in [1.165, 1.54) is 18.4 Å². The molecule has 0 bridgehead atoms. The quantitative estimate of drug-likeness (QED) is 0.648. The van der Waals surface area contributed by atoms with Crippen molar-refractivity contribution in [3.63, 3.8) is 0 Å². The molecule has 0 aliphatic carbocycles. The number of aromatic nitrogens is 4. The molecule has 0 aliphatic heterocycles. The number of unbranched alkanes of at least 4 members (excludes halogenated alkanes) is 2. The molecule has 0 radical (unpaired) electrons. The van der Waals surface area contributed by atoms with E-state index in [1.807, 2.05) is 35.3 Å². The zero-order chi connectivity index (χ0) is 14.5. The molecule has 0 aliphatic rings. The molecule has 0 N–H and O–H groups in total. The molecule has 0 saturated carbocycles. The summed E-state index contributed by atoms with van der Waals surface area (Å²) in [5.41, 5.74) is 2.04. The van der Waals surface area contributed by atoms with Crippen molar-refractivity contribution in [2.75, 3.05) is 0 Å². The van der Waals surface area contributed by atoms with Crippen LogP contribution in [0, 0.1) is 0 Å². The second-order valence-corrected chi connectivity index (χ2v) is 5.33. The molecule has 0 saturated heterocycles. The van der Waals surface area contributed by atoms with Crippen LogP contribution in [0.4, 0.5) is 0 Å². The van der Waals surface area contributed by atoms with Crippen molar-refractivity contribution in [2.24, 2.45) is 0 Å². The summed E-state index contributed by atoms with van der Waals surface area (Å²) in [5, 5.41) is 5.57. The third-order valence-electron chi connectivity index (χ3n) is 3.55. The molecule has 0 unspecified atom stereocenters. The third kappa shape index (κ3) is 3.45. The van der Waals surface area contributed by atoms with Crippen molar-refractivity contribution in [3.05, 3.63) is 54.1 Å². The van der Waals surface area contributed by atoms with Crippen molar-refractivity contribution in [3.8, 4) is 0 Å². The van der Waals surface area contributed by atoms with Gasteiger partial charge in [0, 0.05) is 18.8 Å². The molecular weight excluding hydrogens is 260 g/mol. The van der Waals surface area contributed by atoms with Crippen LogP contribution in [0.1, 0.15) is 37.6 Å². The molecule has 3 rings (SSSR count). The number of benzene rings is 1. The van der Waals surface area contributed by atoms with E-state index < -0.39 is 0 Å². The molecule has 4 nitrogen and oxygen atoms in total. The van der Waals surface area contributed by atoms with E-state index in [9.17, 15) is 0 Å². The van der Waals surface area contributed by atoms with Crippen LogP contribution in [-0.2, 0) is 13.0 Å². The highest BCUT2D eigenvalue weighted by atomic mass is 15.3. The van der Waals surface area contributed by atoms with Gasteiger partial charge >= 0.3 is 0 Å². The molecule has 0 atom stereocenters. The summed E-state index contributed by atoms with van der Waals surface area (Å²) in [4.78, 5) is 9.00. The fourth-order valence-corrected chi connectivity index (χ4v) is 2.40. The van der Waals surface area contributed by atoms with E-state index in [-0.39, 0.29) is 0 Å². The standard InChI is InChI=1S/C17H20N4/c1-2-3-5-10-16-18-11-15-13-21(20-17(15)19-16)12-14-8-6-4-7-9-14/h4,6-9,11,13H,2-3,5,10,12H2,1H3. The Morgan fingerprint density at radius 3 is 2.76 bits per heavy atom. The van der Waals surface area contributed by atoms with E-state index in [4.69, 9.17) is 0 Å². The highest BCUT2D eigenvalue weighted by Gasteiger charge is 2.05. The Bertz CT molecular complexity index is 703. The topological polar surface area (TPSA) is 43.6 Å². The van der Waals surface area contributed by atoms with E-state index in [0.29, 0.717) is 0 Å². The summed E-state index contributed by atoms with van der Waals surface area (Å²) in [6.45, 7) is 2.97. The molecule has 1 aromatic carbocycles. The highest BCUT2D eigenvalue weighted by Crippen LogP contribution is 2.11. The number of hydrogen-bond donors (Lipinski definition) is 0. The van der Waals surface area contributed by atoms with E-state index in [1.54, 1.807) is 0 Å². The van der Waals surface area contributed by atoms with Gasteiger partial charge < -0.3 is 0 Å². The Balaban J connectivity index is 1.76. The van der Waals surface area contributed by atoms with Crippen LogP contribution in [0.15, 0.2) is 42.7 Å². The van der Waals surface area contributed by atoms with Gasteiger partial charge in [0.25, 0.3) is 0 Å². The van der Waals surface area contributed by atoms with Crippen molar-refractivity contribution >= 4 is 11.0 Å². The molecule has 0 spiro atoms. The summed E-state index contributed by atoms with van der Waals surface area (Å²) >= 11 is 0. The van der Waals surface area contributed by atoms with Gasteiger partial charge in [-0.3, -0.25) is 4.68 Å². The van der Waals surface area contributed by atoms with E-state index >= 15 is 0 Å². The predicted molar refractivity (Wildman–Crippen MR) is 84.1 cm³/mol. The Hall–Kier alpha value is -2.23. The first-order valence-corrected chi connectivity index (χ1v) is 7.58. The second-order valence-electron chi connectivity index (χ2n) is 5.33. The normalized spacial score (nSPS) is 11.1. The average Bonchev–Trinajstić information content (AvgIpc) is 2.90. The first kappa shape index (κ1) is 13.7. The van der Waals surface area contributed by atoms with E-state index in [0.717, 1.165) is 36.2 Å². The van der Waals surface area contributed by atoms with Crippen LogP contribution in [0.5, 0.6) is 0 Å². The van der Waals surface area contributed by atoms with Crippen LogP contribution in [0.2, 0.25) is 0 Å². The molecule has 0 fully saturated rings. The molecule has 2 aromatic heterocycles. The van der Waals surface area contributed by atoms with Gasteiger partial charge in [-0.1, -0.05) is 50.1 Å². The van der Waals surface area contributed by atoms with Crippen LogP contribution >= 0.6 is 0 Å². The first-order valence-electron chi connectivity index (χ1n) is 7.58. The molecule has 108 valence electrons. The van der Waals surface area contributed by atoms with Crippen molar-refractivity contribution in [1.82, 2.24) is 19.7 Å². The fourth-order valence-electron chi connectivity index (χ4n) is 2.40. The maximum absolute atomic E-state index is 4.57. The molecule has 2 heterocycles. The van der Waals surface area contributed by atoms with Crippen molar-refractivity contribution in [2.45, 2.75) is 39.2 Å². The van der Waals surface area contributed by atoms with Crippen LogP contribution in [0.25, 0.3) is 11.0 Å². The Morgan fingerprint density at radius 1 is 1.10 bits per heavy atom. The van der Waals surface area contributed by atoms with Gasteiger partial charge in [-0.2, -0.15) is 5.10 Å². The van der Waals surface area contributed by atoms with Gasteiger partial charge in [-0.25, -0.2) is 9.97 Å². The van der Waals surface area contributed by atoms with Gasteiger partial charge in [-0.15, -0.1) is 0 Å². The lowest BCUT2D eigenvalue weighted by Gasteiger charge is -2.00. The Labute approximate surface area is 124 Å². The minimum atomic E-state index is 0.766. The van der Waals surface area contributed by atoms with Gasteiger partial charge in [0.1, 0.15) is 5.82 Å². The zero-order valence-electron chi connectivity index (χ0n) is 12.4. The fraction of sp³-hybridized carbons (Fsp3) is 0.353. The molecular formula is C17H20N4. The number of fused-ring (bicyclic) bond motifs is 1. The lowest BCUT2D eigenvalue weighted by molar-refractivity contribution is 0.685. The van der Waals surface area contributed by atoms with Gasteiger partial charge in [-0.05, 0) is 12.0 Å². The number of nitrogens with zero attached hydrogens (tertiary/aromatic N) is 4.